The Morgan fingerprint density at radius 3 is 2.67 bits per heavy atom. The molecule has 0 saturated heterocycles. The molecule has 5 heteroatoms. The van der Waals surface area contributed by atoms with Crippen LogP contribution in [-0.4, -0.2) is 14.8 Å². The van der Waals surface area contributed by atoms with Crippen molar-refractivity contribution >= 4 is 11.3 Å². The molecule has 134 valence electrons. The van der Waals surface area contributed by atoms with Crippen molar-refractivity contribution in [1.82, 2.24) is 14.8 Å². The molecule has 0 fully saturated rings. The molecule has 1 aromatic carbocycles. The third kappa shape index (κ3) is 2.75. The summed E-state index contributed by atoms with van der Waals surface area (Å²) in [6, 6.07) is 12.2. The standard InChI is InChI=1S/C22H19N3OS/c1-14-19-10-7-17-13-24-25(2)21(17)20(19)22(27-14)26-18-8-5-15(6-9-18)16-4-3-11-23-12-16/h3-6,8-9,11-13H,7,10H2,1-2H3. The van der Waals surface area contributed by atoms with Gasteiger partial charge in [-0.05, 0) is 60.2 Å². The summed E-state index contributed by atoms with van der Waals surface area (Å²) in [7, 11) is 2.01. The Bertz CT molecular complexity index is 1110. The fraction of sp³-hybridized carbons (Fsp3) is 0.182. The molecule has 0 spiro atoms. The highest BCUT2D eigenvalue weighted by Crippen LogP contribution is 2.48. The Balaban J connectivity index is 1.50. The molecule has 0 aliphatic heterocycles. The van der Waals surface area contributed by atoms with E-state index in [0.717, 1.165) is 34.8 Å². The van der Waals surface area contributed by atoms with Gasteiger partial charge in [-0.1, -0.05) is 18.2 Å². The summed E-state index contributed by atoms with van der Waals surface area (Å²) >= 11 is 1.73. The van der Waals surface area contributed by atoms with E-state index < -0.39 is 0 Å². The van der Waals surface area contributed by atoms with Crippen molar-refractivity contribution in [1.29, 1.82) is 0 Å². The zero-order chi connectivity index (χ0) is 18.4. The third-order valence-corrected chi connectivity index (χ3v) is 6.16. The number of rotatable bonds is 3. The second kappa shape index (κ2) is 6.35. The summed E-state index contributed by atoms with van der Waals surface area (Å²) in [6.07, 6.45) is 7.75. The number of aromatic nitrogens is 3. The minimum absolute atomic E-state index is 0.848. The number of fused-ring (bicyclic) bond motifs is 3. The zero-order valence-corrected chi connectivity index (χ0v) is 16.1. The third-order valence-electron chi connectivity index (χ3n) is 5.13. The van der Waals surface area contributed by atoms with Gasteiger partial charge >= 0.3 is 0 Å². The van der Waals surface area contributed by atoms with E-state index >= 15 is 0 Å². The van der Waals surface area contributed by atoms with Gasteiger partial charge in [0.15, 0.2) is 5.06 Å². The average molecular weight is 373 g/mol. The lowest BCUT2D eigenvalue weighted by molar-refractivity contribution is 0.497. The number of hydrogen-bond donors (Lipinski definition) is 0. The van der Waals surface area contributed by atoms with E-state index in [0.29, 0.717) is 0 Å². The average Bonchev–Trinajstić information content (AvgIpc) is 3.23. The summed E-state index contributed by atoms with van der Waals surface area (Å²) < 4.78 is 8.30. The Morgan fingerprint density at radius 1 is 1.04 bits per heavy atom. The van der Waals surface area contributed by atoms with Gasteiger partial charge in [0.25, 0.3) is 0 Å². The first-order valence-corrected chi connectivity index (χ1v) is 9.84. The lowest BCUT2D eigenvalue weighted by Gasteiger charge is -2.16. The largest absolute Gasteiger partial charge is 0.446 e. The first kappa shape index (κ1) is 16.3. The van der Waals surface area contributed by atoms with E-state index in [1.807, 2.05) is 42.3 Å². The second-order valence-electron chi connectivity index (χ2n) is 6.81. The fourth-order valence-electron chi connectivity index (χ4n) is 3.77. The van der Waals surface area contributed by atoms with Crippen molar-refractivity contribution in [2.45, 2.75) is 19.8 Å². The predicted octanol–water partition coefficient (Wildman–Crippen LogP) is 5.41. The van der Waals surface area contributed by atoms with Crippen LogP contribution in [0.4, 0.5) is 0 Å². The smallest absolute Gasteiger partial charge is 0.190 e. The Hall–Kier alpha value is -2.92. The van der Waals surface area contributed by atoms with Gasteiger partial charge in [-0.25, -0.2) is 0 Å². The predicted molar refractivity (Wildman–Crippen MR) is 108 cm³/mol. The Kier molecular flexibility index (Phi) is 3.83. The van der Waals surface area contributed by atoms with Crippen LogP contribution in [0.15, 0.2) is 55.0 Å². The van der Waals surface area contributed by atoms with Crippen LogP contribution in [0, 0.1) is 6.92 Å². The van der Waals surface area contributed by atoms with Crippen LogP contribution < -0.4 is 4.74 Å². The summed E-state index contributed by atoms with van der Waals surface area (Å²) in [5.74, 6) is 0.848. The monoisotopic (exact) mass is 373 g/mol. The van der Waals surface area contributed by atoms with Crippen molar-refractivity contribution < 1.29 is 4.74 Å². The maximum absolute atomic E-state index is 6.33. The molecule has 27 heavy (non-hydrogen) atoms. The van der Waals surface area contributed by atoms with Crippen LogP contribution in [0.1, 0.15) is 16.0 Å². The van der Waals surface area contributed by atoms with Crippen molar-refractivity contribution in [3.8, 4) is 33.2 Å². The summed E-state index contributed by atoms with van der Waals surface area (Å²) in [5, 5.41) is 5.42. The fourth-order valence-corrected chi connectivity index (χ4v) is 4.83. The Morgan fingerprint density at radius 2 is 1.89 bits per heavy atom. The van der Waals surface area contributed by atoms with Gasteiger partial charge in [0, 0.05) is 24.3 Å². The van der Waals surface area contributed by atoms with Gasteiger partial charge in [0.1, 0.15) is 5.75 Å². The SMILES string of the molecule is Cc1sc(Oc2ccc(-c3cccnc3)cc2)c2c1CCc1cnn(C)c1-2. The summed E-state index contributed by atoms with van der Waals surface area (Å²) in [6.45, 7) is 2.18. The molecule has 0 amide bonds. The molecule has 3 heterocycles. The van der Waals surface area contributed by atoms with E-state index in [9.17, 15) is 0 Å². The molecule has 1 aliphatic rings. The highest BCUT2D eigenvalue weighted by molar-refractivity contribution is 7.14. The van der Waals surface area contributed by atoms with Gasteiger partial charge in [-0.3, -0.25) is 9.67 Å². The van der Waals surface area contributed by atoms with Crippen LogP contribution in [0.3, 0.4) is 0 Å². The zero-order valence-electron chi connectivity index (χ0n) is 15.3. The van der Waals surface area contributed by atoms with E-state index in [4.69, 9.17) is 4.74 Å². The van der Waals surface area contributed by atoms with Gasteiger partial charge in [0.05, 0.1) is 17.5 Å². The molecular weight excluding hydrogens is 354 g/mol. The highest BCUT2D eigenvalue weighted by atomic mass is 32.1. The topological polar surface area (TPSA) is 39.9 Å². The van der Waals surface area contributed by atoms with Crippen LogP contribution >= 0.6 is 11.3 Å². The number of aryl methyl sites for hydroxylation is 3. The van der Waals surface area contributed by atoms with Gasteiger partial charge in [0.2, 0.25) is 0 Å². The van der Waals surface area contributed by atoms with Crippen molar-refractivity contribution in [2.75, 3.05) is 0 Å². The number of hydrogen-bond acceptors (Lipinski definition) is 4. The second-order valence-corrected chi connectivity index (χ2v) is 8.00. The minimum atomic E-state index is 0.848. The molecule has 0 atom stereocenters. The maximum atomic E-state index is 6.33. The molecule has 1 aliphatic carbocycles. The number of ether oxygens (including phenoxy) is 1. The molecular formula is C22H19N3OS. The number of nitrogens with zero attached hydrogens (tertiary/aromatic N) is 3. The maximum Gasteiger partial charge on any atom is 0.190 e. The van der Waals surface area contributed by atoms with E-state index in [1.165, 1.54) is 27.3 Å². The quantitative estimate of drug-likeness (QED) is 0.482. The van der Waals surface area contributed by atoms with Crippen molar-refractivity contribution in [3.05, 3.63) is 71.0 Å². The first-order chi connectivity index (χ1) is 13.2. The highest BCUT2D eigenvalue weighted by Gasteiger charge is 2.27. The van der Waals surface area contributed by atoms with E-state index in [-0.39, 0.29) is 0 Å². The van der Waals surface area contributed by atoms with Gasteiger partial charge in [-0.15, -0.1) is 11.3 Å². The molecule has 0 radical (unpaired) electrons. The molecule has 4 aromatic rings. The number of benzene rings is 1. The Labute approximate surface area is 162 Å². The van der Waals surface area contributed by atoms with Crippen LogP contribution in [0.5, 0.6) is 10.8 Å². The van der Waals surface area contributed by atoms with Crippen LogP contribution in [-0.2, 0) is 19.9 Å². The van der Waals surface area contributed by atoms with Crippen molar-refractivity contribution in [2.24, 2.45) is 7.05 Å². The van der Waals surface area contributed by atoms with Crippen LogP contribution in [0.2, 0.25) is 0 Å². The summed E-state index contributed by atoms with van der Waals surface area (Å²) in [4.78, 5) is 5.52. The molecule has 0 saturated carbocycles. The molecule has 0 N–H and O–H groups in total. The van der Waals surface area contributed by atoms with Crippen molar-refractivity contribution in [3.63, 3.8) is 0 Å². The minimum Gasteiger partial charge on any atom is -0.446 e. The molecule has 4 nitrogen and oxygen atoms in total. The molecule has 5 rings (SSSR count). The summed E-state index contributed by atoms with van der Waals surface area (Å²) in [5.41, 5.74) is 7.36. The lowest BCUT2D eigenvalue weighted by Crippen LogP contribution is -2.05. The first-order valence-electron chi connectivity index (χ1n) is 9.02. The van der Waals surface area contributed by atoms with E-state index in [2.05, 4.69) is 35.2 Å². The molecule has 3 aromatic heterocycles. The van der Waals surface area contributed by atoms with Crippen LogP contribution in [0.25, 0.3) is 22.4 Å². The van der Waals surface area contributed by atoms with Gasteiger partial charge < -0.3 is 4.74 Å². The van der Waals surface area contributed by atoms with E-state index in [1.54, 1.807) is 17.5 Å². The molecule has 0 bridgehead atoms. The number of thiophene rings is 1. The lowest BCUT2D eigenvalue weighted by atomic mass is 9.92. The number of pyridine rings is 1. The normalized spacial score (nSPS) is 12.5. The molecule has 0 unspecified atom stereocenters. The van der Waals surface area contributed by atoms with Gasteiger partial charge in [-0.2, -0.15) is 5.10 Å².